The smallest absolute Gasteiger partial charge is 0.0366 e. The van der Waals surface area contributed by atoms with E-state index in [1.165, 1.54) is 31.6 Å². The lowest BCUT2D eigenvalue weighted by Gasteiger charge is -2.36. The Labute approximate surface area is 98.7 Å². The number of piperidine rings is 1. The standard InChI is InChI=1S/C14H22N2/c1-12(15-2)13-8-10-16(11-9-13)14-6-4-3-5-7-14/h3-7,12-13,15H,8-11H2,1-2H3. The lowest BCUT2D eigenvalue weighted by atomic mass is 9.90. The van der Waals surface area contributed by atoms with Gasteiger partial charge in [-0.3, -0.25) is 0 Å². The number of nitrogens with zero attached hydrogens (tertiary/aromatic N) is 1. The van der Waals surface area contributed by atoms with Crippen molar-refractivity contribution in [3.63, 3.8) is 0 Å². The summed E-state index contributed by atoms with van der Waals surface area (Å²) in [6, 6.07) is 11.4. The van der Waals surface area contributed by atoms with Gasteiger partial charge in [-0.2, -0.15) is 0 Å². The first-order valence-electron chi connectivity index (χ1n) is 6.28. The molecule has 1 heterocycles. The third kappa shape index (κ3) is 2.56. The number of benzene rings is 1. The molecule has 0 aromatic heterocycles. The van der Waals surface area contributed by atoms with Crippen molar-refractivity contribution in [2.75, 3.05) is 25.0 Å². The lowest BCUT2D eigenvalue weighted by Crippen LogP contribution is -2.40. The van der Waals surface area contributed by atoms with Crippen molar-refractivity contribution >= 4 is 5.69 Å². The van der Waals surface area contributed by atoms with E-state index in [0.717, 1.165) is 5.92 Å². The van der Waals surface area contributed by atoms with Gasteiger partial charge in [-0.05, 0) is 44.9 Å². The SMILES string of the molecule is CNC(C)C1CCN(c2ccccc2)CC1. The molecule has 1 fully saturated rings. The Balaban J connectivity index is 1.91. The van der Waals surface area contributed by atoms with Crippen LogP contribution >= 0.6 is 0 Å². The van der Waals surface area contributed by atoms with Crippen molar-refractivity contribution in [2.45, 2.75) is 25.8 Å². The molecular weight excluding hydrogens is 196 g/mol. The van der Waals surface area contributed by atoms with Gasteiger partial charge in [0.1, 0.15) is 0 Å². The normalized spacial score (nSPS) is 19.8. The van der Waals surface area contributed by atoms with Gasteiger partial charge in [0.05, 0.1) is 0 Å². The van der Waals surface area contributed by atoms with E-state index >= 15 is 0 Å². The molecule has 0 amide bonds. The Bertz CT molecular complexity index is 302. The van der Waals surface area contributed by atoms with Crippen molar-refractivity contribution in [1.82, 2.24) is 5.32 Å². The molecule has 0 bridgehead atoms. The van der Waals surface area contributed by atoms with Gasteiger partial charge < -0.3 is 10.2 Å². The molecule has 1 unspecified atom stereocenters. The van der Waals surface area contributed by atoms with Crippen molar-refractivity contribution < 1.29 is 0 Å². The maximum atomic E-state index is 3.37. The summed E-state index contributed by atoms with van der Waals surface area (Å²) in [5, 5.41) is 3.37. The molecule has 2 nitrogen and oxygen atoms in total. The molecule has 2 rings (SSSR count). The Morgan fingerprint density at radius 1 is 1.19 bits per heavy atom. The third-order valence-corrected chi connectivity index (χ3v) is 3.82. The van der Waals surface area contributed by atoms with Crippen LogP contribution in [0.3, 0.4) is 0 Å². The van der Waals surface area contributed by atoms with Crippen LogP contribution in [0.15, 0.2) is 30.3 Å². The van der Waals surface area contributed by atoms with E-state index < -0.39 is 0 Å². The summed E-state index contributed by atoms with van der Waals surface area (Å²) < 4.78 is 0. The summed E-state index contributed by atoms with van der Waals surface area (Å²) in [6.45, 7) is 4.68. The van der Waals surface area contributed by atoms with Crippen LogP contribution in [0, 0.1) is 5.92 Å². The number of nitrogens with one attached hydrogen (secondary N) is 1. The zero-order chi connectivity index (χ0) is 11.4. The van der Waals surface area contributed by atoms with Crippen molar-refractivity contribution in [3.05, 3.63) is 30.3 Å². The lowest BCUT2D eigenvalue weighted by molar-refractivity contribution is 0.323. The monoisotopic (exact) mass is 218 g/mol. The Kier molecular flexibility index (Phi) is 3.83. The van der Waals surface area contributed by atoms with Crippen LogP contribution < -0.4 is 10.2 Å². The second-order valence-electron chi connectivity index (χ2n) is 4.74. The maximum absolute atomic E-state index is 3.37. The van der Waals surface area contributed by atoms with Crippen LogP contribution in [0.2, 0.25) is 0 Å². The van der Waals surface area contributed by atoms with Gasteiger partial charge in [-0.15, -0.1) is 0 Å². The van der Waals surface area contributed by atoms with Crippen LogP contribution in [-0.2, 0) is 0 Å². The highest BCUT2D eigenvalue weighted by Gasteiger charge is 2.22. The summed E-state index contributed by atoms with van der Waals surface area (Å²) in [5.74, 6) is 0.838. The predicted octanol–water partition coefficient (Wildman–Crippen LogP) is 2.51. The summed E-state index contributed by atoms with van der Waals surface area (Å²) in [5.41, 5.74) is 1.37. The Morgan fingerprint density at radius 2 is 1.81 bits per heavy atom. The minimum absolute atomic E-state index is 0.651. The summed E-state index contributed by atoms with van der Waals surface area (Å²) >= 11 is 0. The maximum Gasteiger partial charge on any atom is 0.0366 e. The first-order chi connectivity index (χ1) is 7.81. The van der Waals surface area contributed by atoms with E-state index in [4.69, 9.17) is 0 Å². The fourth-order valence-corrected chi connectivity index (χ4v) is 2.53. The molecule has 1 N–H and O–H groups in total. The van der Waals surface area contributed by atoms with Gasteiger partial charge in [-0.1, -0.05) is 18.2 Å². The molecule has 1 aromatic carbocycles. The second-order valence-corrected chi connectivity index (χ2v) is 4.74. The highest BCUT2D eigenvalue weighted by molar-refractivity contribution is 5.46. The molecular formula is C14H22N2. The Hall–Kier alpha value is -1.02. The highest BCUT2D eigenvalue weighted by atomic mass is 15.1. The Morgan fingerprint density at radius 3 is 2.38 bits per heavy atom. The molecule has 1 saturated heterocycles. The zero-order valence-electron chi connectivity index (χ0n) is 10.3. The fraction of sp³-hybridized carbons (Fsp3) is 0.571. The van der Waals surface area contributed by atoms with Gasteiger partial charge in [0.2, 0.25) is 0 Å². The van der Waals surface area contributed by atoms with E-state index in [1.807, 2.05) is 0 Å². The zero-order valence-corrected chi connectivity index (χ0v) is 10.3. The molecule has 0 aliphatic carbocycles. The van der Waals surface area contributed by atoms with E-state index in [2.05, 4.69) is 54.5 Å². The molecule has 0 radical (unpaired) electrons. The van der Waals surface area contributed by atoms with E-state index in [1.54, 1.807) is 0 Å². The van der Waals surface area contributed by atoms with Gasteiger partial charge in [-0.25, -0.2) is 0 Å². The van der Waals surface area contributed by atoms with Crippen LogP contribution in [0.25, 0.3) is 0 Å². The minimum atomic E-state index is 0.651. The highest BCUT2D eigenvalue weighted by Crippen LogP contribution is 2.24. The first kappa shape index (κ1) is 11.5. The van der Waals surface area contributed by atoms with Crippen molar-refractivity contribution in [2.24, 2.45) is 5.92 Å². The van der Waals surface area contributed by atoms with Crippen LogP contribution in [0.5, 0.6) is 0 Å². The number of para-hydroxylation sites is 1. The summed E-state index contributed by atoms with van der Waals surface area (Å²) in [6.07, 6.45) is 2.60. The average molecular weight is 218 g/mol. The van der Waals surface area contributed by atoms with Crippen molar-refractivity contribution in [3.8, 4) is 0 Å². The van der Waals surface area contributed by atoms with Gasteiger partial charge >= 0.3 is 0 Å². The molecule has 1 aliphatic rings. The fourth-order valence-electron chi connectivity index (χ4n) is 2.53. The van der Waals surface area contributed by atoms with E-state index in [0.29, 0.717) is 6.04 Å². The average Bonchev–Trinajstić information content (AvgIpc) is 2.39. The molecule has 0 spiro atoms. The second kappa shape index (κ2) is 5.35. The third-order valence-electron chi connectivity index (χ3n) is 3.82. The van der Waals surface area contributed by atoms with E-state index in [-0.39, 0.29) is 0 Å². The van der Waals surface area contributed by atoms with Crippen LogP contribution in [-0.4, -0.2) is 26.2 Å². The number of hydrogen-bond donors (Lipinski definition) is 1. The largest absolute Gasteiger partial charge is 0.372 e. The van der Waals surface area contributed by atoms with Gasteiger partial charge in [0, 0.05) is 24.8 Å². The number of hydrogen-bond acceptors (Lipinski definition) is 2. The topological polar surface area (TPSA) is 15.3 Å². The molecule has 1 aliphatic heterocycles. The number of rotatable bonds is 3. The molecule has 16 heavy (non-hydrogen) atoms. The van der Waals surface area contributed by atoms with Crippen molar-refractivity contribution in [1.29, 1.82) is 0 Å². The molecule has 88 valence electrons. The number of anilines is 1. The minimum Gasteiger partial charge on any atom is -0.372 e. The van der Waals surface area contributed by atoms with Crippen LogP contribution in [0.1, 0.15) is 19.8 Å². The molecule has 2 heteroatoms. The quantitative estimate of drug-likeness (QED) is 0.838. The van der Waals surface area contributed by atoms with Gasteiger partial charge in [0.15, 0.2) is 0 Å². The first-order valence-corrected chi connectivity index (χ1v) is 6.28. The predicted molar refractivity (Wildman–Crippen MR) is 69.9 cm³/mol. The summed E-state index contributed by atoms with van der Waals surface area (Å²) in [4.78, 5) is 2.50. The van der Waals surface area contributed by atoms with E-state index in [9.17, 15) is 0 Å². The van der Waals surface area contributed by atoms with Gasteiger partial charge in [0.25, 0.3) is 0 Å². The molecule has 1 atom stereocenters. The molecule has 1 aromatic rings. The molecule has 0 saturated carbocycles. The van der Waals surface area contributed by atoms with Crippen LogP contribution in [0.4, 0.5) is 5.69 Å². The summed E-state index contributed by atoms with van der Waals surface area (Å²) in [7, 11) is 2.06.